The minimum Gasteiger partial charge on any atom is -0.501 e. The van der Waals surface area contributed by atoms with E-state index in [1.807, 2.05) is 0 Å². The lowest BCUT2D eigenvalue weighted by molar-refractivity contribution is 0.272. The summed E-state index contributed by atoms with van der Waals surface area (Å²) in [5, 5.41) is 1.22. The number of rotatable bonds is 5. The predicted molar refractivity (Wildman–Crippen MR) is 157 cm³/mol. The molecule has 0 radical (unpaired) electrons. The van der Waals surface area contributed by atoms with Gasteiger partial charge in [-0.15, -0.1) is 0 Å². The van der Waals surface area contributed by atoms with Gasteiger partial charge >= 0.3 is 0 Å². The Morgan fingerprint density at radius 3 is 2.51 bits per heavy atom. The lowest BCUT2D eigenvalue weighted by Gasteiger charge is -2.23. The Morgan fingerprint density at radius 2 is 1.80 bits per heavy atom. The number of fused-ring (bicyclic) bond motifs is 1. The van der Waals surface area contributed by atoms with Gasteiger partial charge in [0.05, 0.1) is 35.5 Å². The molecule has 186 valence electrons. The van der Waals surface area contributed by atoms with Crippen LogP contribution in [-0.4, -0.2) is 24.1 Å². The summed E-state index contributed by atoms with van der Waals surface area (Å²) in [7, 11) is 3.28. The number of benzene rings is 1. The molecule has 1 fully saturated rings. The van der Waals surface area contributed by atoms with Crippen molar-refractivity contribution in [2.75, 3.05) is 14.2 Å². The lowest BCUT2D eigenvalue weighted by Crippen LogP contribution is -2.09. The van der Waals surface area contributed by atoms with E-state index < -0.39 is 0 Å². The number of halogens is 1. The molecule has 2 aromatic heterocycles. The number of hydrogen-bond acceptors (Lipinski definition) is 4. The summed E-state index contributed by atoms with van der Waals surface area (Å²) in [6.07, 6.45) is 11.6. The van der Waals surface area contributed by atoms with Crippen LogP contribution in [0.1, 0.15) is 77.0 Å². The van der Waals surface area contributed by atoms with Crippen LogP contribution in [0.15, 0.2) is 59.9 Å². The summed E-state index contributed by atoms with van der Waals surface area (Å²) in [6, 6.07) is 15.3. The predicted octanol–water partition coefficient (Wildman–Crippen LogP) is 8.26. The highest BCUT2D eigenvalue weighted by molar-refractivity contribution is 14.1. The normalized spacial score (nSPS) is 16.5. The van der Waals surface area contributed by atoms with Gasteiger partial charge in [0.2, 0.25) is 0 Å². The van der Waals surface area contributed by atoms with E-state index in [1.54, 1.807) is 7.11 Å². The molecule has 0 saturated heterocycles. The number of nitrogens with two attached hydrogens (primary N) is 1. The third-order valence-electron chi connectivity index (χ3n) is 7.11. The van der Waals surface area contributed by atoms with Crippen LogP contribution in [0.25, 0.3) is 27.7 Å². The zero-order valence-corrected chi connectivity index (χ0v) is 23.3. The highest BCUT2D eigenvalue weighted by atomic mass is 127. The van der Waals surface area contributed by atoms with Gasteiger partial charge in [-0.3, -0.25) is 4.98 Å². The molecular formula is C30H38IN3O. The first-order chi connectivity index (χ1) is 17.2. The van der Waals surface area contributed by atoms with E-state index >= 15 is 0 Å². The van der Waals surface area contributed by atoms with Crippen LogP contribution in [0.2, 0.25) is 0 Å². The highest BCUT2D eigenvalue weighted by Gasteiger charge is 2.22. The number of allylic oxidation sites excluding steroid dienone is 4. The van der Waals surface area contributed by atoms with Gasteiger partial charge in [-0.1, -0.05) is 44.4 Å². The molecule has 0 atom stereocenters. The van der Waals surface area contributed by atoms with Gasteiger partial charge in [-0.05, 0) is 96.8 Å². The molecule has 0 unspecified atom stereocenters. The Hall–Kier alpha value is -2.25. The van der Waals surface area contributed by atoms with Gasteiger partial charge in [0.25, 0.3) is 0 Å². The molecule has 35 heavy (non-hydrogen) atoms. The van der Waals surface area contributed by atoms with Crippen molar-refractivity contribution in [3.63, 3.8) is 0 Å². The van der Waals surface area contributed by atoms with Crippen LogP contribution in [0.5, 0.6) is 0 Å². The van der Waals surface area contributed by atoms with Crippen LogP contribution in [-0.2, 0) is 4.74 Å². The second kappa shape index (κ2) is 12.1. The van der Waals surface area contributed by atoms with Gasteiger partial charge in [-0.25, -0.2) is 4.98 Å². The molecule has 2 aliphatic carbocycles. The lowest BCUT2D eigenvalue weighted by atomic mass is 9.85. The third kappa shape index (κ3) is 5.78. The zero-order valence-electron chi connectivity index (χ0n) is 21.1. The molecule has 0 spiro atoms. The van der Waals surface area contributed by atoms with Crippen molar-refractivity contribution in [2.45, 2.75) is 64.2 Å². The van der Waals surface area contributed by atoms with Crippen LogP contribution in [0, 0.1) is 3.57 Å². The zero-order chi connectivity index (χ0) is 24.8. The number of methoxy groups -OCH3 is 1. The third-order valence-corrected chi connectivity index (χ3v) is 7.78. The topological polar surface area (TPSA) is 61.0 Å². The number of hydrogen-bond donors (Lipinski definition) is 1. The second-order valence-electron chi connectivity index (χ2n) is 9.18. The van der Waals surface area contributed by atoms with Crippen LogP contribution in [0.3, 0.4) is 0 Å². The molecule has 3 aromatic rings. The first-order valence-corrected chi connectivity index (χ1v) is 13.9. The molecule has 0 bridgehead atoms. The number of ether oxygens (including phenoxy) is 1. The van der Waals surface area contributed by atoms with E-state index in [4.69, 9.17) is 14.7 Å². The molecule has 5 heteroatoms. The molecule has 4 nitrogen and oxygen atoms in total. The standard InChI is InChI=1S/C29H31IN2O.CH5N.H2/c1-3-19-16-22(12-15-28(19)33-2)25-14-13-24-27(31-25)18-26(21-10-7-11-23(30)17-21)32-29(24)20-8-5-4-6-9-20;1-2;/h7,10-11,13-14,16-18,20H,3-6,8-9,12,15H2,1-2H3;2H2,1H3;1H. The molecule has 0 aliphatic heterocycles. The van der Waals surface area contributed by atoms with Crippen molar-refractivity contribution >= 4 is 39.1 Å². The molecule has 1 saturated carbocycles. The number of pyridine rings is 2. The van der Waals surface area contributed by atoms with Crippen molar-refractivity contribution in [1.82, 2.24) is 9.97 Å². The maximum Gasteiger partial charge on any atom is 0.0990 e. The minimum absolute atomic E-state index is 0. The molecule has 2 heterocycles. The van der Waals surface area contributed by atoms with Gasteiger partial charge in [0, 0.05) is 28.3 Å². The summed E-state index contributed by atoms with van der Waals surface area (Å²) >= 11 is 2.38. The fraction of sp³-hybridized carbons (Fsp3) is 0.400. The summed E-state index contributed by atoms with van der Waals surface area (Å²) in [6.45, 7) is 2.19. The minimum atomic E-state index is 0. The molecular weight excluding hydrogens is 545 g/mol. The Bertz CT molecular complexity index is 1250. The second-order valence-corrected chi connectivity index (χ2v) is 10.4. The Morgan fingerprint density at radius 1 is 1.00 bits per heavy atom. The fourth-order valence-corrected chi connectivity index (χ4v) is 5.86. The molecule has 0 amide bonds. The van der Waals surface area contributed by atoms with E-state index in [2.05, 4.69) is 83.8 Å². The maximum atomic E-state index is 5.61. The van der Waals surface area contributed by atoms with Gasteiger partial charge in [0.15, 0.2) is 0 Å². The Labute approximate surface area is 224 Å². The fourth-order valence-electron chi connectivity index (χ4n) is 5.32. The maximum absolute atomic E-state index is 5.61. The Kier molecular flexibility index (Phi) is 8.95. The monoisotopic (exact) mass is 583 g/mol. The quantitative estimate of drug-likeness (QED) is 0.307. The number of aromatic nitrogens is 2. The molecule has 5 rings (SSSR count). The first kappa shape index (κ1) is 25.8. The van der Waals surface area contributed by atoms with Gasteiger partial charge < -0.3 is 10.5 Å². The Balaban J connectivity index is 0.00000117. The smallest absolute Gasteiger partial charge is 0.0990 e. The highest BCUT2D eigenvalue weighted by Crippen LogP contribution is 2.38. The van der Waals surface area contributed by atoms with Crippen molar-refractivity contribution in [1.29, 1.82) is 0 Å². The summed E-state index contributed by atoms with van der Waals surface area (Å²) in [4.78, 5) is 10.5. The summed E-state index contributed by atoms with van der Waals surface area (Å²) in [5.74, 6) is 1.65. The summed E-state index contributed by atoms with van der Waals surface area (Å²) < 4.78 is 6.84. The molecule has 2 aliphatic rings. The van der Waals surface area contributed by atoms with E-state index in [-0.39, 0.29) is 1.43 Å². The van der Waals surface area contributed by atoms with Crippen molar-refractivity contribution in [2.24, 2.45) is 5.73 Å². The molecule has 1 aromatic carbocycles. The average molecular weight is 584 g/mol. The van der Waals surface area contributed by atoms with Crippen LogP contribution in [0.4, 0.5) is 0 Å². The van der Waals surface area contributed by atoms with Gasteiger partial charge in [-0.2, -0.15) is 0 Å². The molecule has 2 N–H and O–H groups in total. The van der Waals surface area contributed by atoms with Crippen LogP contribution >= 0.6 is 22.6 Å². The first-order valence-electron chi connectivity index (χ1n) is 12.8. The van der Waals surface area contributed by atoms with E-state index in [0.717, 1.165) is 41.9 Å². The van der Waals surface area contributed by atoms with Crippen LogP contribution < -0.4 is 5.73 Å². The van der Waals surface area contributed by atoms with E-state index in [1.165, 1.54) is 70.5 Å². The van der Waals surface area contributed by atoms with Crippen molar-refractivity contribution in [3.05, 3.63) is 74.8 Å². The van der Waals surface area contributed by atoms with E-state index in [9.17, 15) is 0 Å². The summed E-state index contributed by atoms with van der Waals surface area (Å²) in [5.41, 5.74) is 12.7. The largest absolute Gasteiger partial charge is 0.501 e. The SMILES string of the molecule is CCC1=C(OC)CCC(c2ccc3c(C4CCCCC4)nc(-c4cccc(I)c4)cc3n2)=C1.CN.[HH]. The van der Waals surface area contributed by atoms with Crippen molar-refractivity contribution < 1.29 is 6.16 Å². The van der Waals surface area contributed by atoms with E-state index in [0.29, 0.717) is 5.92 Å². The van der Waals surface area contributed by atoms with Crippen molar-refractivity contribution in [3.8, 4) is 11.3 Å². The number of nitrogens with zero attached hydrogens (tertiary/aromatic N) is 2. The average Bonchev–Trinajstić information content (AvgIpc) is 2.93. The van der Waals surface area contributed by atoms with Gasteiger partial charge in [0.1, 0.15) is 0 Å².